The predicted molar refractivity (Wildman–Crippen MR) is 77.1 cm³/mol. The Morgan fingerprint density at radius 2 is 1.79 bits per heavy atom. The van der Waals surface area contributed by atoms with Crippen LogP contribution in [0.4, 0.5) is 5.69 Å². The summed E-state index contributed by atoms with van der Waals surface area (Å²) in [7, 11) is 0. The van der Waals surface area contributed by atoms with Crippen molar-refractivity contribution in [2.45, 2.75) is 11.8 Å². The van der Waals surface area contributed by atoms with Gasteiger partial charge in [0.25, 0.3) is 0 Å². The van der Waals surface area contributed by atoms with Crippen LogP contribution in [0, 0.1) is 0 Å². The van der Waals surface area contributed by atoms with Crippen molar-refractivity contribution in [3.05, 3.63) is 54.1 Å². The Labute approximate surface area is 116 Å². The molecular weight excluding hydrogens is 262 g/mol. The van der Waals surface area contributed by atoms with Crippen LogP contribution in [-0.2, 0) is 9.67 Å². The van der Waals surface area contributed by atoms with Gasteiger partial charge in [-0.15, -0.1) is 11.6 Å². The summed E-state index contributed by atoms with van der Waals surface area (Å²) < 4.78 is 0. The fourth-order valence-electron chi connectivity index (χ4n) is 1.92. The number of alkyl halides is 1. The second-order valence-electron chi connectivity index (χ2n) is 4.48. The Morgan fingerprint density at radius 3 is 2.32 bits per heavy atom. The van der Waals surface area contributed by atoms with Crippen molar-refractivity contribution in [1.82, 2.24) is 0 Å². The highest BCUT2D eigenvalue weighted by Crippen LogP contribution is 2.35. The third-order valence-corrected chi connectivity index (χ3v) is 3.43. The van der Waals surface area contributed by atoms with Crippen LogP contribution in [0.1, 0.15) is 12.5 Å². The van der Waals surface area contributed by atoms with Gasteiger partial charge >= 0.3 is 5.97 Å². The number of carboxylic acid groups (broad SMARTS) is 1. The molecule has 0 aromatic heterocycles. The zero-order valence-corrected chi connectivity index (χ0v) is 11.2. The zero-order chi connectivity index (χ0) is 14.0. The van der Waals surface area contributed by atoms with Gasteiger partial charge < -0.3 is 10.8 Å². The van der Waals surface area contributed by atoms with Gasteiger partial charge in [-0.25, -0.2) is 4.79 Å². The molecule has 0 amide bonds. The van der Waals surface area contributed by atoms with Crippen LogP contribution < -0.4 is 5.73 Å². The molecule has 3 N–H and O–H groups in total. The molecule has 0 saturated carbocycles. The lowest BCUT2D eigenvalue weighted by molar-refractivity contribution is -0.139. The molecule has 0 aliphatic heterocycles. The number of halogens is 1. The Bertz CT molecular complexity index is 609. The van der Waals surface area contributed by atoms with Gasteiger partial charge in [-0.2, -0.15) is 0 Å². The van der Waals surface area contributed by atoms with Crippen molar-refractivity contribution in [1.29, 1.82) is 0 Å². The lowest BCUT2D eigenvalue weighted by Gasteiger charge is -2.19. The van der Waals surface area contributed by atoms with E-state index in [2.05, 4.69) is 0 Å². The highest BCUT2D eigenvalue weighted by Gasteiger charge is 2.34. The molecule has 0 heterocycles. The van der Waals surface area contributed by atoms with Gasteiger partial charge in [-0.1, -0.05) is 42.5 Å². The maximum Gasteiger partial charge on any atom is 0.329 e. The molecule has 2 aromatic carbocycles. The van der Waals surface area contributed by atoms with E-state index in [-0.39, 0.29) is 0 Å². The summed E-state index contributed by atoms with van der Waals surface area (Å²) in [6.45, 7) is 1.42. The van der Waals surface area contributed by atoms with Crippen molar-refractivity contribution in [2.75, 3.05) is 5.73 Å². The number of rotatable bonds is 3. The Hall–Kier alpha value is -2.00. The van der Waals surface area contributed by atoms with Gasteiger partial charge in [-0.05, 0) is 24.1 Å². The van der Waals surface area contributed by atoms with Crippen LogP contribution in [0.5, 0.6) is 0 Å². The first-order valence-corrected chi connectivity index (χ1v) is 6.18. The van der Waals surface area contributed by atoms with E-state index in [9.17, 15) is 4.79 Å². The standard InChI is InChI=1S/C15H14ClNO2/c1-15(16,14(18)19)12-8-7-11(9-13(12)17)10-5-3-2-4-6-10/h2-9H,17H2,1H3,(H,18,19). The van der Waals surface area contributed by atoms with Crippen LogP contribution in [0.2, 0.25) is 0 Å². The second-order valence-corrected chi connectivity index (χ2v) is 5.23. The van der Waals surface area contributed by atoms with Crippen molar-refractivity contribution in [3.63, 3.8) is 0 Å². The van der Waals surface area contributed by atoms with E-state index >= 15 is 0 Å². The number of nitrogens with two attached hydrogens (primary N) is 1. The number of nitrogen functional groups attached to an aromatic ring is 1. The summed E-state index contributed by atoms with van der Waals surface area (Å²) in [6.07, 6.45) is 0. The largest absolute Gasteiger partial charge is 0.480 e. The van der Waals surface area contributed by atoms with Crippen molar-refractivity contribution in [2.24, 2.45) is 0 Å². The summed E-state index contributed by atoms with van der Waals surface area (Å²) in [5.41, 5.74) is 8.67. The van der Waals surface area contributed by atoms with E-state index < -0.39 is 10.8 Å². The molecule has 0 saturated heterocycles. The summed E-state index contributed by atoms with van der Waals surface area (Å²) in [5, 5.41) is 9.12. The molecule has 2 aromatic rings. The lowest BCUT2D eigenvalue weighted by atomic mass is 9.95. The predicted octanol–water partition coefficient (Wildman–Crippen LogP) is 3.47. The molecule has 1 atom stereocenters. The SMILES string of the molecule is CC(Cl)(C(=O)O)c1ccc(-c2ccccc2)cc1N. The number of benzene rings is 2. The number of carbonyl (C=O) groups is 1. The highest BCUT2D eigenvalue weighted by molar-refractivity contribution is 6.33. The molecule has 0 fully saturated rings. The highest BCUT2D eigenvalue weighted by atomic mass is 35.5. The first-order chi connectivity index (χ1) is 8.93. The first kappa shape index (κ1) is 13.4. The summed E-state index contributed by atoms with van der Waals surface area (Å²) in [4.78, 5) is 9.63. The number of carboxylic acids is 1. The van der Waals surface area contributed by atoms with Gasteiger partial charge in [0.05, 0.1) is 0 Å². The Balaban J connectivity index is 2.47. The summed E-state index contributed by atoms with van der Waals surface area (Å²) >= 11 is 6.02. The van der Waals surface area contributed by atoms with Crippen molar-refractivity contribution < 1.29 is 9.90 Å². The van der Waals surface area contributed by atoms with E-state index in [4.69, 9.17) is 22.4 Å². The molecule has 1 unspecified atom stereocenters. The van der Waals surface area contributed by atoms with E-state index in [1.165, 1.54) is 6.92 Å². The molecule has 0 aliphatic rings. The quantitative estimate of drug-likeness (QED) is 0.666. The minimum atomic E-state index is -1.51. The molecule has 0 spiro atoms. The van der Waals surface area contributed by atoms with Gasteiger partial charge in [0.15, 0.2) is 4.87 Å². The lowest BCUT2D eigenvalue weighted by Crippen LogP contribution is -2.26. The van der Waals surface area contributed by atoms with Crippen LogP contribution in [0.3, 0.4) is 0 Å². The third-order valence-electron chi connectivity index (χ3n) is 3.07. The van der Waals surface area contributed by atoms with Crippen LogP contribution in [0.15, 0.2) is 48.5 Å². The second kappa shape index (κ2) is 4.94. The summed E-state index contributed by atoms with van der Waals surface area (Å²) in [5.74, 6) is -1.12. The Morgan fingerprint density at radius 1 is 1.16 bits per heavy atom. The maximum atomic E-state index is 11.1. The van der Waals surface area contributed by atoms with Crippen molar-refractivity contribution in [3.8, 4) is 11.1 Å². The molecule has 0 radical (unpaired) electrons. The number of aliphatic carboxylic acids is 1. The third kappa shape index (κ3) is 2.56. The smallest absolute Gasteiger partial charge is 0.329 e. The molecule has 2 rings (SSSR count). The van der Waals surface area contributed by atoms with Crippen LogP contribution in [0.25, 0.3) is 11.1 Å². The normalized spacial score (nSPS) is 13.8. The topological polar surface area (TPSA) is 63.3 Å². The van der Waals surface area contributed by atoms with E-state index in [0.29, 0.717) is 11.3 Å². The maximum absolute atomic E-state index is 11.1. The van der Waals surface area contributed by atoms with Crippen LogP contribution >= 0.6 is 11.6 Å². The monoisotopic (exact) mass is 275 g/mol. The molecule has 19 heavy (non-hydrogen) atoms. The fraction of sp³-hybridized carbons (Fsp3) is 0.133. The average molecular weight is 276 g/mol. The first-order valence-electron chi connectivity index (χ1n) is 5.80. The molecule has 0 bridgehead atoms. The van der Waals surface area contributed by atoms with E-state index in [0.717, 1.165) is 11.1 Å². The minimum Gasteiger partial charge on any atom is -0.480 e. The number of hydrogen-bond acceptors (Lipinski definition) is 2. The van der Waals surface area contributed by atoms with E-state index in [1.54, 1.807) is 12.1 Å². The molecule has 98 valence electrons. The van der Waals surface area contributed by atoms with Gasteiger partial charge in [0.2, 0.25) is 0 Å². The molecule has 3 nitrogen and oxygen atoms in total. The average Bonchev–Trinajstić information content (AvgIpc) is 2.39. The summed E-state index contributed by atoms with van der Waals surface area (Å²) in [6, 6.07) is 15.0. The molecular formula is C15H14ClNO2. The van der Waals surface area contributed by atoms with Gasteiger partial charge in [0.1, 0.15) is 0 Å². The van der Waals surface area contributed by atoms with Gasteiger partial charge in [-0.3, -0.25) is 0 Å². The van der Waals surface area contributed by atoms with E-state index in [1.807, 2.05) is 36.4 Å². The van der Waals surface area contributed by atoms with Crippen LogP contribution in [-0.4, -0.2) is 11.1 Å². The molecule has 0 aliphatic carbocycles. The minimum absolute atomic E-state index is 0.376. The van der Waals surface area contributed by atoms with Gasteiger partial charge in [0, 0.05) is 11.3 Å². The van der Waals surface area contributed by atoms with Crippen molar-refractivity contribution >= 4 is 23.3 Å². The zero-order valence-electron chi connectivity index (χ0n) is 10.4. The number of anilines is 1. The number of hydrogen-bond donors (Lipinski definition) is 2. The molecule has 4 heteroatoms. The fourth-order valence-corrected chi connectivity index (χ4v) is 2.09. The Kier molecular flexibility index (Phi) is 3.49.